The highest BCUT2D eigenvalue weighted by Gasteiger charge is 2.26. The van der Waals surface area contributed by atoms with E-state index >= 15 is 0 Å². The van der Waals surface area contributed by atoms with Gasteiger partial charge in [0.05, 0.1) is 11.9 Å². The van der Waals surface area contributed by atoms with Crippen molar-refractivity contribution in [2.45, 2.75) is 0 Å². The number of halogens is 1. The minimum Gasteiger partial charge on any atom is -0.508 e. The molecule has 21 heavy (non-hydrogen) atoms. The Morgan fingerprint density at radius 3 is 2.86 bits per heavy atom. The zero-order chi connectivity index (χ0) is 14.8. The average Bonchev–Trinajstić information content (AvgIpc) is 2.75. The van der Waals surface area contributed by atoms with Gasteiger partial charge in [0.15, 0.2) is 5.71 Å². The second-order valence-corrected chi connectivity index (χ2v) is 5.35. The first-order valence-corrected chi connectivity index (χ1v) is 6.94. The number of hydrogen-bond donors (Lipinski definition) is 2. The molecule has 0 aliphatic carbocycles. The third-order valence-corrected chi connectivity index (χ3v) is 3.43. The van der Waals surface area contributed by atoms with Crippen molar-refractivity contribution in [3.05, 3.63) is 58.1 Å². The molecule has 1 aliphatic rings. The number of amides is 1. The fourth-order valence-electron chi connectivity index (χ4n) is 1.98. The van der Waals surface area contributed by atoms with Crippen LogP contribution < -0.4 is 5.32 Å². The van der Waals surface area contributed by atoms with Crippen LogP contribution in [0.2, 0.25) is 0 Å². The summed E-state index contributed by atoms with van der Waals surface area (Å²) in [6.07, 6.45) is 1.48. The van der Waals surface area contributed by atoms with Gasteiger partial charge in [0.1, 0.15) is 5.75 Å². The van der Waals surface area contributed by atoms with Crippen molar-refractivity contribution >= 4 is 39.5 Å². The van der Waals surface area contributed by atoms with Crippen molar-refractivity contribution < 1.29 is 9.90 Å². The molecule has 5 nitrogen and oxygen atoms in total. The van der Waals surface area contributed by atoms with Crippen LogP contribution in [0, 0.1) is 0 Å². The smallest absolute Gasteiger partial charge is 0.276 e. The molecule has 0 spiro atoms. The summed E-state index contributed by atoms with van der Waals surface area (Å²) in [6, 6.07) is 12.1. The van der Waals surface area contributed by atoms with Crippen LogP contribution in [0.4, 0.5) is 5.69 Å². The van der Waals surface area contributed by atoms with Gasteiger partial charge in [-0.3, -0.25) is 4.79 Å². The lowest BCUT2D eigenvalue weighted by Gasteiger charge is -1.97. The number of anilines is 1. The van der Waals surface area contributed by atoms with E-state index in [0.29, 0.717) is 11.1 Å². The molecule has 3 rings (SSSR count). The Labute approximate surface area is 129 Å². The van der Waals surface area contributed by atoms with Crippen molar-refractivity contribution in [3.63, 3.8) is 0 Å². The average molecular weight is 344 g/mol. The number of rotatable bonds is 2. The van der Waals surface area contributed by atoms with Crippen LogP contribution in [-0.2, 0) is 4.79 Å². The van der Waals surface area contributed by atoms with E-state index in [1.807, 2.05) is 12.1 Å². The Morgan fingerprint density at radius 2 is 2.05 bits per heavy atom. The number of nitrogens with one attached hydrogen (secondary N) is 1. The van der Waals surface area contributed by atoms with E-state index < -0.39 is 0 Å². The SMILES string of the molecule is O=C1Nc2ccc(Br)cc2/C1=N\N=C\c1cccc(O)c1. The van der Waals surface area contributed by atoms with E-state index in [2.05, 4.69) is 31.4 Å². The second kappa shape index (κ2) is 5.49. The van der Waals surface area contributed by atoms with Crippen LogP contribution >= 0.6 is 15.9 Å². The van der Waals surface area contributed by atoms with Gasteiger partial charge >= 0.3 is 0 Å². The number of aromatic hydroxyl groups is 1. The predicted molar refractivity (Wildman–Crippen MR) is 85.0 cm³/mol. The lowest BCUT2D eigenvalue weighted by atomic mass is 10.1. The van der Waals surface area contributed by atoms with Gasteiger partial charge in [0.25, 0.3) is 5.91 Å². The van der Waals surface area contributed by atoms with Gasteiger partial charge in [-0.1, -0.05) is 28.1 Å². The van der Waals surface area contributed by atoms with Crippen molar-refractivity contribution in [2.24, 2.45) is 10.2 Å². The summed E-state index contributed by atoms with van der Waals surface area (Å²) in [6.45, 7) is 0. The molecule has 0 fully saturated rings. The number of fused-ring (bicyclic) bond motifs is 1. The highest BCUT2D eigenvalue weighted by atomic mass is 79.9. The molecule has 6 heteroatoms. The predicted octanol–water partition coefficient (Wildman–Crippen LogP) is 2.93. The third-order valence-electron chi connectivity index (χ3n) is 2.93. The van der Waals surface area contributed by atoms with Gasteiger partial charge in [-0.15, -0.1) is 5.10 Å². The van der Waals surface area contributed by atoms with E-state index in [9.17, 15) is 9.90 Å². The lowest BCUT2D eigenvalue weighted by Crippen LogP contribution is -2.13. The molecule has 2 aromatic carbocycles. The molecule has 0 aromatic heterocycles. The Morgan fingerprint density at radius 1 is 1.19 bits per heavy atom. The quantitative estimate of drug-likeness (QED) is 0.649. The maximum absolute atomic E-state index is 11.9. The summed E-state index contributed by atoms with van der Waals surface area (Å²) in [5.41, 5.74) is 2.40. The Balaban J connectivity index is 1.91. The maximum Gasteiger partial charge on any atom is 0.276 e. The molecular weight excluding hydrogens is 334 g/mol. The number of phenols is 1. The molecule has 0 saturated carbocycles. The van der Waals surface area contributed by atoms with Gasteiger partial charge < -0.3 is 10.4 Å². The van der Waals surface area contributed by atoms with E-state index in [4.69, 9.17) is 0 Å². The summed E-state index contributed by atoms with van der Waals surface area (Å²) < 4.78 is 0.863. The summed E-state index contributed by atoms with van der Waals surface area (Å²) in [5.74, 6) is -0.129. The summed E-state index contributed by atoms with van der Waals surface area (Å²) >= 11 is 3.36. The van der Waals surface area contributed by atoms with Crippen LogP contribution in [0.15, 0.2) is 57.1 Å². The van der Waals surface area contributed by atoms with Gasteiger partial charge in [-0.25, -0.2) is 0 Å². The molecule has 0 bridgehead atoms. The fraction of sp³-hybridized carbons (Fsp3) is 0. The monoisotopic (exact) mass is 343 g/mol. The molecule has 1 amide bonds. The minimum absolute atomic E-state index is 0.152. The molecular formula is C15H10BrN3O2. The van der Waals surface area contributed by atoms with E-state index in [-0.39, 0.29) is 17.4 Å². The van der Waals surface area contributed by atoms with Crippen LogP contribution in [-0.4, -0.2) is 22.9 Å². The Hall–Kier alpha value is -2.47. The number of carbonyl (C=O) groups is 1. The standard InChI is InChI=1S/C15H10BrN3O2/c16-10-4-5-13-12(7-10)14(15(21)18-13)19-17-8-9-2-1-3-11(20)6-9/h1-8,20H,(H,18,19,21)/b17-8+. The maximum atomic E-state index is 11.9. The van der Waals surface area contributed by atoms with E-state index in [0.717, 1.165) is 10.2 Å². The van der Waals surface area contributed by atoms with E-state index in [1.54, 1.807) is 30.3 Å². The van der Waals surface area contributed by atoms with Gasteiger partial charge in [0.2, 0.25) is 0 Å². The Kier molecular flexibility index (Phi) is 3.53. The first-order valence-electron chi connectivity index (χ1n) is 6.15. The second-order valence-electron chi connectivity index (χ2n) is 4.43. The molecule has 2 N–H and O–H groups in total. The summed E-state index contributed by atoms with van der Waals surface area (Å²) in [5, 5.41) is 20.0. The number of phenolic OH excluding ortho intramolecular Hbond substituents is 1. The van der Waals surface area contributed by atoms with E-state index in [1.165, 1.54) is 6.21 Å². The number of carbonyl (C=O) groups excluding carboxylic acids is 1. The topological polar surface area (TPSA) is 74.0 Å². The first kappa shape index (κ1) is 13.5. The molecule has 0 unspecified atom stereocenters. The molecule has 0 radical (unpaired) electrons. The fourth-order valence-corrected chi connectivity index (χ4v) is 2.34. The number of benzene rings is 2. The van der Waals surface area contributed by atoms with Gasteiger partial charge in [-0.2, -0.15) is 5.10 Å². The summed E-state index contributed by atoms with van der Waals surface area (Å²) in [7, 11) is 0. The van der Waals surface area contributed by atoms with Crippen LogP contribution in [0.25, 0.3) is 0 Å². The Bertz CT molecular complexity index is 784. The molecule has 0 atom stereocenters. The molecule has 2 aromatic rings. The molecule has 0 saturated heterocycles. The molecule has 1 aliphatic heterocycles. The van der Waals surface area contributed by atoms with Crippen LogP contribution in [0.5, 0.6) is 5.75 Å². The normalized spacial score (nSPS) is 15.5. The minimum atomic E-state index is -0.281. The number of nitrogens with zero attached hydrogens (tertiary/aromatic N) is 2. The van der Waals surface area contributed by atoms with Gasteiger partial charge in [0, 0.05) is 10.0 Å². The molecule has 1 heterocycles. The first-order chi connectivity index (χ1) is 10.1. The highest BCUT2D eigenvalue weighted by molar-refractivity contribution is 9.10. The number of hydrogen-bond acceptors (Lipinski definition) is 4. The third kappa shape index (κ3) is 2.85. The largest absolute Gasteiger partial charge is 0.508 e. The van der Waals surface area contributed by atoms with Crippen molar-refractivity contribution in [2.75, 3.05) is 5.32 Å². The van der Waals surface area contributed by atoms with Crippen molar-refractivity contribution in [1.29, 1.82) is 0 Å². The van der Waals surface area contributed by atoms with Gasteiger partial charge in [-0.05, 0) is 35.9 Å². The highest BCUT2D eigenvalue weighted by Crippen LogP contribution is 2.26. The van der Waals surface area contributed by atoms with Crippen LogP contribution in [0.1, 0.15) is 11.1 Å². The molecule has 104 valence electrons. The zero-order valence-electron chi connectivity index (χ0n) is 10.7. The lowest BCUT2D eigenvalue weighted by molar-refractivity contribution is -0.110. The van der Waals surface area contributed by atoms with Crippen molar-refractivity contribution in [3.8, 4) is 5.75 Å². The zero-order valence-corrected chi connectivity index (χ0v) is 12.3. The summed E-state index contributed by atoms with van der Waals surface area (Å²) in [4.78, 5) is 11.9. The van der Waals surface area contributed by atoms with Crippen LogP contribution in [0.3, 0.4) is 0 Å². The van der Waals surface area contributed by atoms with Crippen molar-refractivity contribution in [1.82, 2.24) is 0 Å².